The molecular formula is C14H24IN5O3. The van der Waals surface area contributed by atoms with E-state index in [-0.39, 0.29) is 35.9 Å². The Morgan fingerprint density at radius 1 is 1.57 bits per heavy atom. The Morgan fingerprint density at radius 2 is 2.35 bits per heavy atom. The molecule has 0 aromatic carbocycles. The van der Waals surface area contributed by atoms with Crippen molar-refractivity contribution in [1.82, 2.24) is 20.4 Å². The fourth-order valence-electron chi connectivity index (χ4n) is 2.52. The van der Waals surface area contributed by atoms with Crippen LogP contribution in [0.25, 0.3) is 0 Å². The van der Waals surface area contributed by atoms with Gasteiger partial charge in [-0.05, 0) is 26.7 Å². The summed E-state index contributed by atoms with van der Waals surface area (Å²) in [4.78, 5) is 22.4. The highest BCUT2D eigenvalue weighted by atomic mass is 127. The molecule has 0 spiro atoms. The van der Waals surface area contributed by atoms with E-state index in [9.17, 15) is 4.79 Å². The quantitative estimate of drug-likeness (QED) is 0.329. The standard InChI is InChI=1S/C14H23N5O3.HI/c1-4-21-13(20)11-6-5-7-19(9-11)14(15-3)16-8-12-17-10(2)18-22-12;/h11H,4-9H2,1-3H3,(H,15,16);1H. The number of ether oxygens (including phenoxy) is 1. The third-order valence-corrected chi connectivity index (χ3v) is 3.52. The van der Waals surface area contributed by atoms with E-state index in [1.165, 1.54) is 0 Å². The number of nitrogens with zero attached hydrogens (tertiary/aromatic N) is 4. The summed E-state index contributed by atoms with van der Waals surface area (Å²) in [5.74, 6) is 1.61. The third kappa shape index (κ3) is 5.63. The number of guanidine groups is 1. The Bertz CT molecular complexity index is 534. The summed E-state index contributed by atoms with van der Waals surface area (Å²) in [7, 11) is 1.72. The van der Waals surface area contributed by atoms with Crippen LogP contribution in [0.5, 0.6) is 0 Å². The van der Waals surface area contributed by atoms with Gasteiger partial charge in [-0.1, -0.05) is 5.16 Å². The number of hydrogen-bond acceptors (Lipinski definition) is 6. The van der Waals surface area contributed by atoms with Crippen molar-refractivity contribution in [2.45, 2.75) is 33.2 Å². The van der Waals surface area contributed by atoms with Crippen LogP contribution in [-0.4, -0.2) is 53.7 Å². The minimum absolute atomic E-state index is 0. The SMILES string of the molecule is CCOC(=O)C1CCCN(C(=NC)NCc2nc(C)no2)C1.I. The van der Waals surface area contributed by atoms with Gasteiger partial charge in [0.25, 0.3) is 0 Å². The van der Waals surface area contributed by atoms with Gasteiger partial charge >= 0.3 is 5.97 Å². The molecule has 0 amide bonds. The van der Waals surface area contributed by atoms with Crippen molar-refractivity contribution in [3.63, 3.8) is 0 Å². The molecular weight excluding hydrogens is 413 g/mol. The molecule has 0 bridgehead atoms. The summed E-state index contributed by atoms with van der Waals surface area (Å²) < 4.78 is 10.2. The zero-order chi connectivity index (χ0) is 15.9. The van der Waals surface area contributed by atoms with E-state index in [1.807, 2.05) is 6.92 Å². The minimum atomic E-state index is -0.129. The van der Waals surface area contributed by atoms with Gasteiger partial charge < -0.3 is 19.5 Å². The number of piperidine rings is 1. The first-order valence-electron chi connectivity index (χ1n) is 7.55. The van der Waals surface area contributed by atoms with Crippen LogP contribution in [0.15, 0.2) is 9.52 Å². The van der Waals surface area contributed by atoms with Gasteiger partial charge in [0.05, 0.1) is 19.1 Å². The molecule has 130 valence electrons. The van der Waals surface area contributed by atoms with Crippen molar-refractivity contribution in [1.29, 1.82) is 0 Å². The fraction of sp³-hybridized carbons (Fsp3) is 0.714. The van der Waals surface area contributed by atoms with Crippen LogP contribution in [0, 0.1) is 12.8 Å². The van der Waals surface area contributed by atoms with Gasteiger partial charge in [0, 0.05) is 20.1 Å². The molecule has 0 radical (unpaired) electrons. The average molecular weight is 437 g/mol. The number of hydrogen-bond donors (Lipinski definition) is 1. The van der Waals surface area contributed by atoms with Gasteiger partial charge in [0.2, 0.25) is 5.89 Å². The molecule has 0 saturated carbocycles. The van der Waals surface area contributed by atoms with Crippen LogP contribution >= 0.6 is 24.0 Å². The highest BCUT2D eigenvalue weighted by Gasteiger charge is 2.28. The van der Waals surface area contributed by atoms with Crippen LogP contribution in [0.2, 0.25) is 0 Å². The lowest BCUT2D eigenvalue weighted by molar-refractivity contribution is -0.149. The Morgan fingerprint density at radius 3 is 2.96 bits per heavy atom. The van der Waals surface area contributed by atoms with Crippen LogP contribution in [-0.2, 0) is 16.1 Å². The van der Waals surface area contributed by atoms with E-state index in [0.29, 0.717) is 31.4 Å². The number of carbonyl (C=O) groups excluding carboxylic acids is 1. The van der Waals surface area contributed by atoms with Crippen molar-refractivity contribution >= 4 is 35.9 Å². The van der Waals surface area contributed by atoms with E-state index in [2.05, 4.69) is 25.3 Å². The molecule has 23 heavy (non-hydrogen) atoms. The summed E-state index contributed by atoms with van der Waals surface area (Å²) in [6, 6.07) is 0. The summed E-state index contributed by atoms with van der Waals surface area (Å²) in [5, 5.41) is 6.94. The Hall–Kier alpha value is -1.39. The molecule has 1 saturated heterocycles. The van der Waals surface area contributed by atoms with E-state index in [0.717, 1.165) is 25.3 Å². The molecule has 2 rings (SSSR count). The minimum Gasteiger partial charge on any atom is -0.466 e. The maximum atomic E-state index is 11.9. The number of carbonyl (C=O) groups is 1. The number of halogens is 1. The zero-order valence-corrected chi connectivity index (χ0v) is 16.1. The summed E-state index contributed by atoms with van der Waals surface area (Å²) in [5.41, 5.74) is 0. The van der Waals surface area contributed by atoms with Crippen LogP contribution in [0.3, 0.4) is 0 Å². The van der Waals surface area contributed by atoms with Gasteiger partial charge in [-0.25, -0.2) is 0 Å². The van der Waals surface area contributed by atoms with Crippen molar-refractivity contribution < 1.29 is 14.1 Å². The highest BCUT2D eigenvalue weighted by molar-refractivity contribution is 14.0. The lowest BCUT2D eigenvalue weighted by Crippen LogP contribution is -2.48. The molecule has 1 aliphatic rings. The molecule has 9 heteroatoms. The number of rotatable bonds is 4. The molecule has 2 heterocycles. The molecule has 1 aromatic rings. The number of aromatic nitrogens is 2. The largest absolute Gasteiger partial charge is 0.466 e. The van der Waals surface area contributed by atoms with Crippen LogP contribution in [0.4, 0.5) is 0 Å². The van der Waals surface area contributed by atoms with Crippen molar-refractivity contribution in [2.75, 3.05) is 26.7 Å². The Labute approximate surface area is 153 Å². The predicted octanol–water partition coefficient (Wildman–Crippen LogP) is 1.35. The Balaban J connectivity index is 0.00000264. The monoisotopic (exact) mass is 437 g/mol. The first kappa shape index (κ1) is 19.7. The number of nitrogens with one attached hydrogen (secondary N) is 1. The smallest absolute Gasteiger partial charge is 0.310 e. The zero-order valence-electron chi connectivity index (χ0n) is 13.7. The van der Waals surface area contributed by atoms with E-state index in [4.69, 9.17) is 9.26 Å². The summed E-state index contributed by atoms with van der Waals surface area (Å²) in [6.07, 6.45) is 1.79. The molecule has 1 atom stereocenters. The highest BCUT2D eigenvalue weighted by Crippen LogP contribution is 2.18. The third-order valence-electron chi connectivity index (χ3n) is 3.52. The second kappa shape index (κ2) is 9.68. The maximum Gasteiger partial charge on any atom is 0.310 e. The lowest BCUT2D eigenvalue weighted by Gasteiger charge is -2.33. The average Bonchev–Trinajstić information content (AvgIpc) is 2.94. The second-order valence-electron chi connectivity index (χ2n) is 5.17. The van der Waals surface area contributed by atoms with Crippen molar-refractivity contribution in [2.24, 2.45) is 10.9 Å². The molecule has 8 nitrogen and oxygen atoms in total. The van der Waals surface area contributed by atoms with Gasteiger partial charge in [0.15, 0.2) is 11.8 Å². The normalized spacial score (nSPS) is 18.3. The molecule has 1 aliphatic heterocycles. The molecule has 1 unspecified atom stereocenters. The molecule has 1 fully saturated rings. The van der Waals surface area contributed by atoms with Crippen LogP contribution in [0.1, 0.15) is 31.5 Å². The van der Waals surface area contributed by atoms with Crippen molar-refractivity contribution in [3.05, 3.63) is 11.7 Å². The summed E-state index contributed by atoms with van der Waals surface area (Å²) in [6.45, 7) is 5.90. The van der Waals surface area contributed by atoms with Crippen LogP contribution < -0.4 is 5.32 Å². The number of likely N-dealkylation sites (tertiary alicyclic amines) is 1. The van der Waals surface area contributed by atoms with Gasteiger partial charge in [-0.15, -0.1) is 24.0 Å². The second-order valence-corrected chi connectivity index (χ2v) is 5.17. The first-order valence-corrected chi connectivity index (χ1v) is 7.55. The number of esters is 1. The molecule has 0 aliphatic carbocycles. The molecule has 1 N–H and O–H groups in total. The van der Waals surface area contributed by atoms with Crippen molar-refractivity contribution in [3.8, 4) is 0 Å². The van der Waals surface area contributed by atoms with Gasteiger partial charge in [-0.2, -0.15) is 4.98 Å². The topological polar surface area (TPSA) is 92.8 Å². The van der Waals surface area contributed by atoms with E-state index >= 15 is 0 Å². The van der Waals surface area contributed by atoms with Gasteiger partial charge in [0.1, 0.15) is 0 Å². The fourth-order valence-corrected chi connectivity index (χ4v) is 2.52. The number of aliphatic imine (C=N–C) groups is 1. The number of aryl methyl sites for hydroxylation is 1. The summed E-state index contributed by atoms with van der Waals surface area (Å²) >= 11 is 0. The lowest BCUT2D eigenvalue weighted by atomic mass is 9.98. The van der Waals surface area contributed by atoms with Gasteiger partial charge in [-0.3, -0.25) is 9.79 Å². The maximum absolute atomic E-state index is 11.9. The predicted molar refractivity (Wildman–Crippen MR) is 95.6 cm³/mol. The molecule has 1 aromatic heterocycles. The first-order chi connectivity index (χ1) is 10.6. The van der Waals surface area contributed by atoms with E-state index in [1.54, 1.807) is 14.0 Å². The van der Waals surface area contributed by atoms with E-state index < -0.39 is 0 Å². The Kier molecular flexibility index (Phi) is 8.28.